The highest BCUT2D eigenvalue weighted by atomic mass is 16.5. The molecule has 32 heavy (non-hydrogen) atoms. The van der Waals surface area contributed by atoms with Crippen molar-refractivity contribution in [3.8, 4) is 17.0 Å². The zero-order valence-corrected chi connectivity index (χ0v) is 20.7. The summed E-state index contributed by atoms with van der Waals surface area (Å²) >= 11 is 0. The molecule has 3 rings (SSSR count). The molecule has 0 aliphatic heterocycles. The van der Waals surface area contributed by atoms with Crippen LogP contribution in [0.15, 0.2) is 42.6 Å². The molecule has 2 aromatic rings. The van der Waals surface area contributed by atoms with E-state index in [-0.39, 0.29) is 0 Å². The lowest BCUT2D eigenvalue weighted by molar-refractivity contribution is 0.248. The molecule has 2 nitrogen and oxygen atoms in total. The van der Waals surface area contributed by atoms with Gasteiger partial charge in [0, 0.05) is 11.8 Å². The summed E-state index contributed by atoms with van der Waals surface area (Å²) < 4.78 is 5.77. The summed E-state index contributed by atoms with van der Waals surface area (Å²) in [4.78, 5) is 4.74. The van der Waals surface area contributed by atoms with E-state index >= 15 is 0 Å². The molecule has 1 saturated carbocycles. The number of nitrogens with zero attached hydrogens (tertiary/aromatic N) is 1. The Balaban J connectivity index is 1.35. The van der Waals surface area contributed by atoms with Crippen LogP contribution in [0.25, 0.3) is 11.3 Å². The van der Waals surface area contributed by atoms with Crippen LogP contribution in [-0.4, -0.2) is 11.6 Å². The first-order valence-corrected chi connectivity index (χ1v) is 13.5. The molecule has 1 aromatic heterocycles. The van der Waals surface area contributed by atoms with Gasteiger partial charge in [0.15, 0.2) is 0 Å². The smallest absolute Gasteiger partial charge is 0.119 e. The number of benzene rings is 1. The van der Waals surface area contributed by atoms with E-state index in [2.05, 4.69) is 56.4 Å². The molecule has 1 aromatic carbocycles. The molecular weight excluding hydrogens is 390 g/mol. The van der Waals surface area contributed by atoms with Crippen molar-refractivity contribution >= 4 is 0 Å². The van der Waals surface area contributed by atoms with Crippen LogP contribution in [0.4, 0.5) is 0 Å². The van der Waals surface area contributed by atoms with E-state index in [1.165, 1.54) is 82.6 Å². The number of rotatable bonds is 14. The SMILES string of the molecule is CCCCCCC[C@H]1CC[C@H](CCc2ccc(-c3ccc(OCCCC)cc3)nc2)CC1. The van der Waals surface area contributed by atoms with Crippen molar-refractivity contribution in [2.24, 2.45) is 11.8 Å². The Labute approximate surface area is 197 Å². The van der Waals surface area contributed by atoms with Gasteiger partial charge < -0.3 is 4.74 Å². The largest absolute Gasteiger partial charge is 0.494 e. The highest BCUT2D eigenvalue weighted by Gasteiger charge is 2.20. The molecule has 0 N–H and O–H groups in total. The molecule has 0 saturated heterocycles. The zero-order chi connectivity index (χ0) is 22.4. The Kier molecular flexibility index (Phi) is 11.1. The van der Waals surface area contributed by atoms with Gasteiger partial charge in [0.25, 0.3) is 0 Å². The maximum Gasteiger partial charge on any atom is 0.119 e. The first-order valence-electron chi connectivity index (χ1n) is 13.5. The third-order valence-electron chi connectivity index (χ3n) is 7.26. The van der Waals surface area contributed by atoms with E-state index in [1.54, 1.807) is 0 Å². The summed E-state index contributed by atoms with van der Waals surface area (Å²) in [7, 11) is 0. The fourth-order valence-electron chi connectivity index (χ4n) is 5.02. The number of pyridine rings is 1. The number of hydrogen-bond donors (Lipinski definition) is 0. The molecule has 0 amide bonds. The maximum atomic E-state index is 5.77. The zero-order valence-electron chi connectivity index (χ0n) is 20.7. The van der Waals surface area contributed by atoms with Crippen molar-refractivity contribution in [1.29, 1.82) is 0 Å². The van der Waals surface area contributed by atoms with Crippen LogP contribution in [0.3, 0.4) is 0 Å². The molecule has 0 radical (unpaired) electrons. The summed E-state index contributed by atoms with van der Waals surface area (Å²) in [6.45, 7) is 5.28. The van der Waals surface area contributed by atoms with Gasteiger partial charge in [0.1, 0.15) is 5.75 Å². The van der Waals surface area contributed by atoms with E-state index in [9.17, 15) is 0 Å². The van der Waals surface area contributed by atoms with Crippen molar-refractivity contribution in [2.45, 2.75) is 104 Å². The summed E-state index contributed by atoms with van der Waals surface area (Å²) in [6.07, 6.45) is 21.3. The monoisotopic (exact) mass is 435 g/mol. The van der Waals surface area contributed by atoms with Crippen molar-refractivity contribution in [2.75, 3.05) is 6.61 Å². The second-order valence-electron chi connectivity index (χ2n) is 9.91. The van der Waals surface area contributed by atoms with Gasteiger partial charge in [-0.3, -0.25) is 4.98 Å². The van der Waals surface area contributed by atoms with E-state index in [4.69, 9.17) is 9.72 Å². The Hall–Kier alpha value is -1.83. The molecule has 1 fully saturated rings. The predicted molar refractivity (Wildman–Crippen MR) is 137 cm³/mol. The topological polar surface area (TPSA) is 22.1 Å². The fourth-order valence-corrected chi connectivity index (χ4v) is 5.02. The summed E-state index contributed by atoms with van der Waals surface area (Å²) in [5.74, 6) is 2.88. The average Bonchev–Trinajstić information content (AvgIpc) is 2.84. The lowest BCUT2D eigenvalue weighted by Crippen LogP contribution is -2.15. The normalized spacial score (nSPS) is 18.6. The molecule has 0 atom stereocenters. The summed E-state index contributed by atoms with van der Waals surface area (Å²) in [6, 6.07) is 12.8. The Morgan fingerprint density at radius 3 is 2.09 bits per heavy atom. The minimum Gasteiger partial charge on any atom is -0.494 e. The highest BCUT2D eigenvalue weighted by Crippen LogP contribution is 2.34. The first kappa shape index (κ1) is 24.8. The molecule has 1 heterocycles. The van der Waals surface area contributed by atoms with Gasteiger partial charge in [-0.1, -0.05) is 90.5 Å². The minimum atomic E-state index is 0.795. The Bertz CT molecular complexity index is 728. The average molecular weight is 436 g/mol. The molecule has 176 valence electrons. The van der Waals surface area contributed by atoms with E-state index in [0.717, 1.165) is 48.3 Å². The minimum absolute atomic E-state index is 0.795. The number of unbranched alkanes of at least 4 members (excludes halogenated alkanes) is 5. The lowest BCUT2D eigenvalue weighted by atomic mass is 9.78. The van der Waals surface area contributed by atoms with E-state index < -0.39 is 0 Å². The molecule has 2 heteroatoms. The first-order chi connectivity index (χ1) is 15.8. The van der Waals surface area contributed by atoms with Gasteiger partial charge in [-0.2, -0.15) is 0 Å². The quantitative estimate of drug-likeness (QED) is 0.276. The van der Waals surface area contributed by atoms with Crippen LogP contribution in [0.5, 0.6) is 5.75 Å². The van der Waals surface area contributed by atoms with E-state index in [0.29, 0.717) is 0 Å². The second-order valence-corrected chi connectivity index (χ2v) is 9.91. The van der Waals surface area contributed by atoms with Crippen molar-refractivity contribution < 1.29 is 4.74 Å². The predicted octanol–water partition coefficient (Wildman–Crippen LogP) is 9.03. The Morgan fingerprint density at radius 1 is 0.750 bits per heavy atom. The van der Waals surface area contributed by atoms with Crippen molar-refractivity contribution in [3.05, 3.63) is 48.2 Å². The number of aryl methyl sites for hydroxylation is 1. The summed E-state index contributed by atoms with van der Waals surface area (Å²) in [5.41, 5.74) is 3.59. The van der Waals surface area contributed by atoms with Crippen molar-refractivity contribution in [3.63, 3.8) is 0 Å². The molecule has 0 unspecified atom stereocenters. The molecular formula is C30H45NO. The van der Waals surface area contributed by atoms with Crippen molar-refractivity contribution in [1.82, 2.24) is 4.98 Å². The van der Waals surface area contributed by atoms with Gasteiger partial charge >= 0.3 is 0 Å². The third kappa shape index (κ3) is 8.60. The fraction of sp³-hybridized carbons (Fsp3) is 0.633. The summed E-state index contributed by atoms with van der Waals surface area (Å²) in [5, 5.41) is 0. The molecule has 0 spiro atoms. The number of ether oxygens (including phenoxy) is 1. The van der Waals surface area contributed by atoms with Gasteiger partial charge in [0.2, 0.25) is 0 Å². The van der Waals surface area contributed by atoms with Gasteiger partial charge in [-0.25, -0.2) is 0 Å². The second kappa shape index (κ2) is 14.3. The standard InChI is InChI=1S/C30H45NO/c1-3-5-7-8-9-10-25-11-13-26(14-12-25)15-16-27-17-22-30(31-24-27)28-18-20-29(21-19-28)32-23-6-4-2/h17-22,24-26H,3-16,23H2,1-2H3/t25-,26-. The molecule has 1 aliphatic carbocycles. The van der Waals surface area contributed by atoms with Gasteiger partial charge in [0.05, 0.1) is 12.3 Å². The van der Waals surface area contributed by atoms with Crippen LogP contribution in [0, 0.1) is 11.8 Å². The lowest BCUT2D eigenvalue weighted by Gasteiger charge is -2.28. The van der Waals surface area contributed by atoms with Crippen LogP contribution < -0.4 is 4.74 Å². The van der Waals surface area contributed by atoms with Gasteiger partial charge in [-0.05, 0) is 67.0 Å². The van der Waals surface area contributed by atoms with Crippen LogP contribution in [0.2, 0.25) is 0 Å². The molecule has 1 aliphatic rings. The number of aromatic nitrogens is 1. The number of hydrogen-bond acceptors (Lipinski definition) is 2. The highest BCUT2D eigenvalue weighted by molar-refractivity contribution is 5.60. The van der Waals surface area contributed by atoms with Crippen LogP contribution >= 0.6 is 0 Å². The molecule has 0 bridgehead atoms. The third-order valence-corrected chi connectivity index (χ3v) is 7.26. The van der Waals surface area contributed by atoms with Gasteiger partial charge in [-0.15, -0.1) is 0 Å². The maximum absolute atomic E-state index is 5.77. The Morgan fingerprint density at radius 2 is 1.44 bits per heavy atom. The van der Waals surface area contributed by atoms with Crippen LogP contribution in [-0.2, 0) is 6.42 Å². The van der Waals surface area contributed by atoms with E-state index in [1.807, 2.05) is 0 Å². The van der Waals surface area contributed by atoms with Crippen LogP contribution in [0.1, 0.15) is 103 Å².